The van der Waals surface area contributed by atoms with Crippen LogP contribution in [0.4, 0.5) is 18.0 Å². The number of alkyl halides is 3. The van der Waals surface area contributed by atoms with Crippen LogP contribution in [0.1, 0.15) is 16.7 Å². The average Bonchev–Trinajstić information content (AvgIpc) is 2.93. The molecule has 2 aliphatic rings. The minimum atomic E-state index is -4.71. The number of benzene rings is 2. The summed E-state index contributed by atoms with van der Waals surface area (Å²) in [5.74, 6) is -0.955. The number of fused-ring (bicyclic) bond motifs is 1. The predicted octanol–water partition coefficient (Wildman–Crippen LogP) is 3.50. The fourth-order valence-corrected chi connectivity index (χ4v) is 4.39. The maximum absolute atomic E-state index is 14.0. The van der Waals surface area contributed by atoms with Gasteiger partial charge in [-0.3, -0.25) is 4.79 Å². The van der Waals surface area contributed by atoms with Crippen molar-refractivity contribution in [2.75, 3.05) is 40.5 Å². The van der Waals surface area contributed by atoms with Gasteiger partial charge in [-0.1, -0.05) is 18.2 Å². The zero-order valence-electron chi connectivity index (χ0n) is 20.5. The molecule has 0 aliphatic carbocycles. The molecule has 38 heavy (non-hydrogen) atoms. The van der Waals surface area contributed by atoms with E-state index in [4.69, 9.17) is 14.5 Å². The first kappa shape index (κ1) is 27.0. The van der Waals surface area contributed by atoms with Crippen LogP contribution in [-0.4, -0.2) is 74.3 Å². The SMILES string of the molecule is COC(=O)C1CN(C(=O)OC)CCN1C(=O)/C=C/c1cc[c]c(C(F)(F)F)c1-c1ccc2c(c1)CCOO2. The Hall–Kier alpha value is -4.06. The Labute approximate surface area is 216 Å². The van der Waals surface area contributed by atoms with E-state index in [1.54, 1.807) is 6.07 Å². The molecular formula is C26H24F3N2O7. The van der Waals surface area contributed by atoms with Gasteiger partial charge in [-0.25, -0.2) is 9.59 Å². The van der Waals surface area contributed by atoms with Gasteiger partial charge in [0.05, 0.1) is 32.9 Å². The molecule has 9 nitrogen and oxygen atoms in total. The predicted molar refractivity (Wildman–Crippen MR) is 127 cm³/mol. The quantitative estimate of drug-likeness (QED) is 0.337. The standard InChI is InChI=1S/C26H24F3N2O7/c1-35-24(33)20-15-30(25(34)36-2)11-12-31(20)22(32)9-7-16-4-3-5-19(26(27,28)29)23(16)18-6-8-21-17(14-18)10-13-37-38-21/h3-4,6-9,14,20H,10-13,15H2,1-2H3/b9-7+. The highest BCUT2D eigenvalue weighted by molar-refractivity contribution is 5.96. The summed E-state index contributed by atoms with van der Waals surface area (Å²) >= 11 is 0. The summed E-state index contributed by atoms with van der Waals surface area (Å²) in [6, 6.07) is 8.32. The Kier molecular flexibility index (Phi) is 7.91. The van der Waals surface area contributed by atoms with Crippen molar-refractivity contribution in [2.45, 2.75) is 18.6 Å². The number of methoxy groups -OCH3 is 2. The Morgan fingerprint density at radius 3 is 2.63 bits per heavy atom. The van der Waals surface area contributed by atoms with Gasteiger partial charge in [-0.15, -0.1) is 0 Å². The number of rotatable bonds is 4. The van der Waals surface area contributed by atoms with Crippen molar-refractivity contribution in [1.29, 1.82) is 0 Å². The third-order valence-corrected chi connectivity index (χ3v) is 6.24. The van der Waals surface area contributed by atoms with Gasteiger partial charge in [0, 0.05) is 36.7 Å². The summed E-state index contributed by atoms with van der Waals surface area (Å²) in [6.07, 6.45) is -2.55. The summed E-state index contributed by atoms with van der Waals surface area (Å²) < 4.78 is 51.4. The largest absolute Gasteiger partial charge is 0.467 e. The first-order valence-corrected chi connectivity index (χ1v) is 11.6. The number of carbonyl (C=O) groups is 3. The topological polar surface area (TPSA) is 94.6 Å². The summed E-state index contributed by atoms with van der Waals surface area (Å²) in [5.41, 5.74) is -0.0662. The molecule has 2 aromatic carbocycles. The third kappa shape index (κ3) is 5.59. The van der Waals surface area contributed by atoms with Crippen LogP contribution >= 0.6 is 0 Å². The molecule has 12 heteroatoms. The van der Waals surface area contributed by atoms with Crippen molar-refractivity contribution in [1.82, 2.24) is 9.80 Å². The Bertz CT molecular complexity index is 1260. The Morgan fingerprint density at radius 1 is 1.13 bits per heavy atom. The number of esters is 1. The van der Waals surface area contributed by atoms with Crippen LogP contribution in [0.15, 0.2) is 36.4 Å². The molecule has 2 aliphatic heterocycles. The Morgan fingerprint density at radius 2 is 1.92 bits per heavy atom. The summed E-state index contributed by atoms with van der Waals surface area (Å²) in [5, 5.41) is 0. The van der Waals surface area contributed by atoms with Crippen LogP contribution in [0.25, 0.3) is 17.2 Å². The van der Waals surface area contributed by atoms with E-state index >= 15 is 0 Å². The lowest BCUT2D eigenvalue weighted by atomic mass is 9.92. The van der Waals surface area contributed by atoms with Gasteiger partial charge >= 0.3 is 18.2 Å². The van der Waals surface area contributed by atoms with Crippen LogP contribution in [0.2, 0.25) is 0 Å². The molecule has 1 saturated heterocycles. The smallest absolute Gasteiger partial charge is 0.417 e. The van der Waals surface area contributed by atoms with Crippen molar-refractivity contribution in [3.8, 4) is 16.9 Å². The van der Waals surface area contributed by atoms with E-state index in [2.05, 4.69) is 10.8 Å². The first-order chi connectivity index (χ1) is 18.1. The second kappa shape index (κ2) is 11.1. The van der Waals surface area contributed by atoms with Crippen LogP contribution in [0.3, 0.4) is 0 Å². The number of nitrogens with zero attached hydrogens (tertiary/aromatic N) is 2. The van der Waals surface area contributed by atoms with Crippen molar-refractivity contribution in [3.63, 3.8) is 0 Å². The van der Waals surface area contributed by atoms with Gasteiger partial charge in [-0.2, -0.15) is 18.1 Å². The molecule has 0 aromatic heterocycles. The van der Waals surface area contributed by atoms with E-state index < -0.39 is 35.8 Å². The molecular weight excluding hydrogens is 509 g/mol. The van der Waals surface area contributed by atoms with Crippen LogP contribution < -0.4 is 4.89 Å². The van der Waals surface area contributed by atoms with E-state index in [1.165, 1.54) is 41.2 Å². The summed E-state index contributed by atoms with van der Waals surface area (Å²) in [4.78, 5) is 49.9. The highest BCUT2D eigenvalue weighted by Crippen LogP contribution is 2.40. The van der Waals surface area contributed by atoms with Crippen LogP contribution in [0.5, 0.6) is 5.75 Å². The summed E-state index contributed by atoms with van der Waals surface area (Å²) in [7, 11) is 2.35. The molecule has 2 heterocycles. The molecule has 2 aromatic rings. The van der Waals surface area contributed by atoms with E-state index in [-0.39, 0.29) is 42.9 Å². The fourth-order valence-electron chi connectivity index (χ4n) is 4.39. The van der Waals surface area contributed by atoms with E-state index in [0.717, 1.165) is 19.3 Å². The minimum Gasteiger partial charge on any atom is -0.467 e. The molecule has 0 N–H and O–H groups in total. The number of amides is 2. The molecule has 1 fully saturated rings. The van der Waals surface area contributed by atoms with Gasteiger partial charge in [0.2, 0.25) is 5.91 Å². The minimum absolute atomic E-state index is 0.00579. The van der Waals surface area contributed by atoms with Gasteiger partial charge in [0.1, 0.15) is 6.04 Å². The van der Waals surface area contributed by atoms with E-state index in [1.807, 2.05) is 0 Å². The second-order valence-corrected chi connectivity index (χ2v) is 8.48. The Balaban J connectivity index is 1.68. The van der Waals surface area contributed by atoms with Gasteiger partial charge in [-0.05, 0) is 35.4 Å². The zero-order chi connectivity index (χ0) is 27.4. The van der Waals surface area contributed by atoms with Gasteiger partial charge in [0.15, 0.2) is 5.75 Å². The highest BCUT2D eigenvalue weighted by atomic mass is 19.4. The van der Waals surface area contributed by atoms with Crippen molar-refractivity contribution < 1.29 is 46.8 Å². The molecule has 0 bridgehead atoms. The second-order valence-electron chi connectivity index (χ2n) is 8.48. The highest BCUT2D eigenvalue weighted by Gasteiger charge is 2.38. The molecule has 201 valence electrons. The number of hydrogen-bond donors (Lipinski definition) is 0. The molecule has 1 atom stereocenters. The molecule has 1 unspecified atom stereocenters. The lowest BCUT2D eigenvalue weighted by Crippen LogP contribution is -2.59. The number of halogens is 3. The summed E-state index contributed by atoms with van der Waals surface area (Å²) in [6.45, 7) is 0.206. The lowest BCUT2D eigenvalue weighted by Gasteiger charge is -2.38. The van der Waals surface area contributed by atoms with E-state index in [0.29, 0.717) is 17.7 Å². The van der Waals surface area contributed by atoms with Gasteiger partial charge in [0.25, 0.3) is 0 Å². The maximum atomic E-state index is 14.0. The van der Waals surface area contributed by atoms with Crippen LogP contribution in [0, 0.1) is 6.07 Å². The lowest BCUT2D eigenvalue weighted by molar-refractivity contribution is -0.215. The molecule has 4 rings (SSSR count). The average molecular weight is 533 g/mol. The van der Waals surface area contributed by atoms with Crippen molar-refractivity contribution >= 4 is 24.0 Å². The molecule has 2 amide bonds. The molecule has 0 saturated carbocycles. The fraction of sp³-hybridized carbons (Fsp3) is 0.346. The number of piperazine rings is 1. The van der Waals surface area contributed by atoms with Crippen LogP contribution in [-0.2, 0) is 36.5 Å². The first-order valence-electron chi connectivity index (χ1n) is 11.6. The van der Waals surface area contributed by atoms with E-state index in [9.17, 15) is 27.6 Å². The number of carbonyl (C=O) groups excluding carboxylic acids is 3. The maximum Gasteiger partial charge on any atom is 0.417 e. The zero-order valence-corrected chi connectivity index (χ0v) is 20.5. The van der Waals surface area contributed by atoms with Crippen molar-refractivity contribution in [2.24, 2.45) is 0 Å². The van der Waals surface area contributed by atoms with Gasteiger partial charge < -0.3 is 24.2 Å². The molecule has 0 spiro atoms. The number of hydrogen-bond acceptors (Lipinski definition) is 7. The number of ether oxygens (including phenoxy) is 2. The third-order valence-electron chi connectivity index (χ3n) is 6.24. The molecule has 1 radical (unpaired) electrons. The van der Waals surface area contributed by atoms with Crippen molar-refractivity contribution in [3.05, 3.63) is 59.2 Å². The normalized spacial score (nSPS) is 17.6. The monoisotopic (exact) mass is 533 g/mol.